The summed E-state index contributed by atoms with van der Waals surface area (Å²) in [7, 11) is 0. The molecular weight excluding hydrogens is 389 g/mol. The van der Waals surface area contributed by atoms with Crippen LogP contribution in [0.4, 0.5) is 10.1 Å². The number of amides is 1. The van der Waals surface area contributed by atoms with Crippen molar-refractivity contribution >= 4 is 27.5 Å². The molecule has 4 rings (SSSR count). The molecule has 126 valence electrons. The highest BCUT2D eigenvalue weighted by Gasteiger charge is 2.29. The molecule has 1 fully saturated rings. The van der Waals surface area contributed by atoms with Crippen LogP contribution in [-0.2, 0) is 0 Å². The molecule has 1 aromatic heterocycles. The second kappa shape index (κ2) is 6.40. The Balaban J connectivity index is 1.49. The van der Waals surface area contributed by atoms with Gasteiger partial charge in [0.1, 0.15) is 5.82 Å². The van der Waals surface area contributed by atoms with Crippen molar-refractivity contribution in [2.75, 3.05) is 5.32 Å². The van der Waals surface area contributed by atoms with Crippen molar-refractivity contribution in [3.05, 3.63) is 64.2 Å². The zero-order valence-electron chi connectivity index (χ0n) is 13.0. The van der Waals surface area contributed by atoms with Crippen LogP contribution >= 0.6 is 15.9 Å². The Morgan fingerprint density at radius 1 is 1.20 bits per heavy atom. The lowest BCUT2D eigenvalue weighted by Gasteiger charge is -2.07. The van der Waals surface area contributed by atoms with Crippen molar-refractivity contribution in [1.82, 2.24) is 10.1 Å². The monoisotopic (exact) mass is 401 g/mol. The molecule has 5 nitrogen and oxygen atoms in total. The van der Waals surface area contributed by atoms with E-state index >= 15 is 0 Å². The van der Waals surface area contributed by atoms with E-state index in [0.29, 0.717) is 27.7 Å². The number of benzene rings is 2. The lowest BCUT2D eigenvalue weighted by Crippen LogP contribution is -2.12. The Hall–Kier alpha value is -2.54. The summed E-state index contributed by atoms with van der Waals surface area (Å²) < 4.78 is 19.7. The van der Waals surface area contributed by atoms with Crippen LogP contribution in [0.3, 0.4) is 0 Å². The van der Waals surface area contributed by atoms with Crippen LogP contribution in [0.1, 0.15) is 35.0 Å². The van der Waals surface area contributed by atoms with Crippen LogP contribution in [0.25, 0.3) is 11.4 Å². The van der Waals surface area contributed by atoms with Gasteiger partial charge >= 0.3 is 0 Å². The minimum Gasteiger partial charge on any atom is -0.339 e. The number of carbonyl (C=O) groups is 1. The van der Waals surface area contributed by atoms with Crippen molar-refractivity contribution < 1.29 is 13.7 Å². The summed E-state index contributed by atoms with van der Waals surface area (Å²) in [5.74, 6) is 0.681. The fourth-order valence-electron chi connectivity index (χ4n) is 2.40. The topological polar surface area (TPSA) is 68.0 Å². The lowest BCUT2D eigenvalue weighted by atomic mass is 10.1. The second-order valence-electron chi connectivity index (χ2n) is 5.89. The summed E-state index contributed by atoms with van der Waals surface area (Å²) in [4.78, 5) is 16.6. The average molecular weight is 402 g/mol. The average Bonchev–Trinajstić information content (AvgIpc) is 3.34. The van der Waals surface area contributed by atoms with Crippen molar-refractivity contribution in [1.29, 1.82) is 0 Å². The fourth-order valence-corrected chi connectivity index (χ4v) is 2.74. The van der Waals surface area contributed by atoms with Gasteiger partial charge < -0.3 is 9.84 Å². The molecule has 0 saturated heterocycles. The van der Waals surface area contributed by atoms with Crippen molar-refractivity contribution in [3.8, 4) is 11.4 Å². The zero-order valence-corrected chi connectivity index (χ0v) is 14.6. The molecular formula is C18H13BrFN3O2. The Morgan fingerprint density at radius 2 is 1.96 bits per heavy atom. The first-order valence-electron chi connectivity index (χ1n) is 7.80. The van der Waals surface area contributed by atoms with E-state index < -0.39 is 5.82 Å². The van der Waals surface area contributed by atoms with Gasteiger partial charge in [-0.25, -0.2) is 4.39 Å². The van der Waals surface area contributed by atoms with E-state index in [9.17, 15) is 9.18 Å². The highest BCUT2D eigenvalue weighted by atomic mass is 79.9. The Kier molecular flexibility index (Phi) is 4.09. The molecule has 25 heavy (non-hydrogen) atoms. The predicted molar refractivity (Wildman–Crippen MR) is 93.8 cm³/mol. The van der Waals surface area contributed by atoms with Gasteiger partial charge in [0.05, 0.1) is 5.69 Å². The number of carbonyl (C=O) groups excluding carboxylic acids is 1. The first kappa shape index (κ1) is 16.0. The normalized spacial score (nSPS) is 13.7. The molecule has 1 N–H and O–H groups in total. The molecule has 7 heteroatoms. The molecule has 1 heterocycles. The molecule has 1 amide bonds. The molecule has 0 spiro atoms. The zero-order chi connectivity index (χ0) is 17.4. The SMILES string of the molecule is O=C(Nc1ccc(Br)cc1F)c1ccc(-c2noc(C3CC3)n2)cc1. The van der Waals surface area contributed by atoms with E-state index in [1.54, 1.807) is 30.3 Å². The Bertz CT molecular complexity index is 936. The van der Waals surface area contributed by atoms with E-state index in [2.05, 4.69) is 31.4 Å². The number of rotatable bonds is 4. The quantitative estimate of drug-likeness (QED) is 0.683. The number of hydrogen-bond donors (Lipinski definition) is 1. The number of halogens is 2. The van der Waals surface area contributed by atoms with Gasteiger partial charge in [0.25, 0.3) is 5.91 Å². The molecule has 3 aromatic rings. The largest absolute Gasteiger partial charge is 0.339 e. The molecule has 0 unspecified atom stereocenters. The third-order valence-electron chi connectivity index (χ3n) is 3.95. The van der Waals surface area contributed by atoms with Crippen LogP contribution in [0.2, 0.25) is 0 Å². The molecule has 0 aliphatic heterocycles. The van der Waals surface area contributed by atoms with Gasteiger partial charge in [0.2, 0.25) is 11.7 Å². The third-order valence-corrected chi connectivity index (χ3v) is 4.45. The van der Waals surface area contributed by atoms with Crippen LogP contribution in [0.15, 0.2) is 51.5 Å². The minimum absolute atomic E-state index is 0.129. The maximum absolute atomic E-state index is 13.8. The molecule has 1 aliphatic rings. The smallest absolute Gasteiger partial charge is 0.255 e. The summed E-state index contributed by atoms with van der Waals surface area (Å²) in [5, 5.41) is 6.52. The molecule has 0 bridgehead atoms. The van der Waals surface area contributed by atoms with Gasteiger partial charge in [-0.05, 0) is 43.2 Å². The van der Waals surface area contributed by atoms with Gasteiger partial charge in [0, 0.05) is 21.5 Å². The van der Waals surface area contributed by atoms with Crippen LogP contribution < -0.4 is 5.32 Å². The summed E-state index contributed by atoms with van der Waals surface area (Å²) in [6, 6.07) is 11.2. The molecule has 0 radical (unpaired) electrons. The van der Waals surface area contributed by atoms with E-state index in [1.165, 1.54) is 12.1 Å². The highest BCUT2D eigenvalue weighted by molar-refractivity contribution is 9.10. The summed E-state index contributed by atoms with van der Waals surface area (Å²) in [6.07, 6.45) is 2.18. The van der Waals surface area contributed by atoms with Crippen molar-refractivity contribution in [3.63, 3.8) is 0 Å². The number of nitrogens with zero attached hydrogens (tertiary/aromatic N) is 2. The van der Waals surface area contributed by atoms with E-state index in [-0.39, 0.29) is 11.6 Å². The van der Waals surface area contributed by atoms with E-state index in [1.807, 2.05) is 0 Å². The Morgan fingerprint density at radius 3 is 2.64 bits per heavy atom. The van der Waals surface area contributed by atoms with Gasteiger partial charge in [-0.15, -0.1) is 0 Å². The lowest BCUT2D eigenvalue weighted by molar-refractivity contribution is 0.102. The van der Waals surface area contributed by atoms with Crippen molar-refractivity contribution in [2.24, 2.45) is 0 Å². The molecule has 1 saturated carbocycles. The summed E-state index contributed by atoms with van der Waals surface area (Å²) >= 11 is 3.18. The number of aromatic nitrogens is 2. The van der Waals surface area contributed by atoms with E-state index in [0.717, 1.165) is 18.4 Å². The summed E-state index contributed by atoms with van der Waals surface area (Å²) in [6.45, 7) is 0. The fraction of sp³-hybridized carbons (Fsp3) is 0.167. The first-order valence-corrected chi connectivity index (χ1v) is 8.60. The number of hydrogen-bond acceptors (Lipinski definition) is 4. The van der Waals surface area contributed by atoms with Crippen molar-refractivity contribution in [2.45, 2.75) is 18.8 Å². The van der Waals surface area contributed by atoms with Gasteiger partial charge in [-0.1, -0.05) is 33.2 Å². The van der Waals surface area contributed by atoms with Crippen LogP contribution in [0.5, 0.6) is 0 Å². The van der Waals surface area contributed by atoms with Gasteiger partial charge in [0.15, 0.2) is 0 Å². The van der Waals surface area contributed by atoms with Gasteiger partial charge in [-0.3, -0.25) is 4.79 Å². The molecule has 1 aliphatic carbocycles. The number of anilines is 1. The van der Waals surface area contributed by atoms with Crippen LogP contribution in [-0.4, -0.2) is 16.0 Å². The third kappa shape index (κ3) is 3.46. The van der Waals surface area contributed by atoms with Gasteiger partial charge in [-0.2, -0.15) is 4.98 Å². The van der Waals surface area contributed by atoms with Crippen LogP contribution in [0, 0.1) is 5.82 Å². The molecule has 2 aromatic carbocycles. The second-order valence-corrected chi connectivity index (χ2v) is 6.80. The van der Waals surface area contributed by atoms with E-state index in [4.69, 9.17) is 4.52 Å². The standard InChI is InChI=1S/C18H13BrFN3O2/c19-13-7-8-15(14(20)9-13)21-17(24)11-3-1-10(2-4-11)16-22-18(25-23-16)12-5-6-12/h1-4,7-9,12H,5-6H2,(H,21,24). The first-order chi connectivity index (χ1) is 12.1. The predicted octanol–water partition coefficient (Wildman–Crippen LogP) is 4.77. The Labute approximate surface area is 151 Å². The summed E-state index contributed by atoms with van der Waals surface area (Å²) in [5.41, 5.74) is 1.31. The maximum atomic E-state index is 13.8. The maximum Gasteiger partial charge on any atom is 0.255 e. The number of nitrogens with one attached hydrogen (secondary N) is 1. The highest BCUT2D eigenvalue weighted by Crippen LogP contribution is 2.39. The molecule has 0 atom stereocenters. The minimum atomic E-state index is -0.501.